The molecular formula is C19H29N3O2. The number of benzene rings is 1. The van der Waals surface area contributed by atoms with Crippen LogP contribution >= 0.6 is 0 Å². The molecular weight excluding hydrogens is 302 g/mol. The van der Waals surface area contributed by atoms with Crippen molar-refractivity contribution in [1.29, 1.82) is 0 Å². The fourth-order valence-corrected chi connectivity index (χ4v) is 3.77. The van der Waals surface area contributed by atoms with Crippen molar-refractivity contribution in [3.8, 4) is 5.75 Å². The lowest BCUT2D eigenvalue weighted by molar-refractivity contribution is -0.138. The highest BCUT2D eigenvalue weighted by molar-refractivity contribution is 5.79. The van der Waals surface area contributed by atoms with Gasteiger partial charge in [-0.3, -0.25) is 9.69 Å². The maximum absolute atomic E-state index is 12.7. The number of amides is 1. The van der Waals surface area contributed by atoms with Crippen molar-refractivity contribution in [2.24, 2.45) is 5.92 Å². The number of rotatable bonds is 4. The Morgan fingerprint density at radius 1 is 1.04 bits per heavy atom. The molecule has 2 saturated heterocycles. The highest BCUT2D eigenvalue weighted by Gasteiger charge is 2.30. The summed E-state index contributed by atoms with van der Waals surface area (Å²) in [5, 5.41) is 9.90. The zero-order valence-corrected chi connectivity index (χ0v) is 14.7. The van der Waals surface area contributed by atoms with Gasteiger partial charge >= 0.3 is 0 Å². The second-order valence-corrected chi connectivity index (χ2v) is 6.94. The minimum atomic E-state index is 0.179. The van der Waals surface area contributed by atoms with Crippen LogP contribution in [0.1, 0.15) is 25.3 Å². The van der Waals surface area contributed by atoms with E-state index in [1.165, 1.54) is 0 Å². The molecule has 0 unspecified atom stereocenters. The molecule has 0 bridgehead atoms. The van der Waals surface area contributed by atoms with Crippen molar-refractivity contribution < 1.29 is 9.90 Å². The van der Waals surface area contributed by atoms with Gasteiger partial charge in [0.15, 0.2) is 0 Å². The summed E-state index contributed by atoms with van der Waals surface area (Å²) in [7, 11) is 0. The van der Waals surface area contributed by atoms with Crippen molar-refractivity contribution in [2.45, 2.75) is 26.3 Å². The number of para-hydroxylation sites is 1. The smallest absolute Gasteiger partial charge is 0.225 e. The maximum atomic E-state index is 12.7. The summed E-state index contributed by atoms with van der Waals surface area (Å²) in [4.78, 5) is 19.5. The quantitative estimate of drug-likeness (QED) is 0.913. The maximum Gasteiger partial charge on any atom is 0.225 e. The van der Waals surface area contributed by atoms with E-state index in [9.17, 15) is 9.90 Å². The van der Waals surface area contributed by atoms with Gasteiger partial charge in [-0.25, -0.2) is 0 Å². The van der Waals surface area contributed by atoms with Crippen LogP contribution in [0, 0.1) is 5.92 Å². The van der Waals surface area contributed by atoms with Crippen molar-refractivity contribution in [3.63, 3.8) is 0 Å². The summed E-state index contributed by atoms with van der Waals surface area (Å²) >= 11 is 0. The van der Waals surface area contributed by atoms with Crippen molar-refractivity contribution in [1.82, 2.24) is 14.7 Å². The van der Waals surface area contributed by atoms with E-state index < -0.39 is 0 Å². The van der Waals surface area contributed by atoms with Crippen LogP contribution in [0.25, 0.3) is 0 Å². The van der Waals surface area contributed by atoms with Crippen molar-refractivity contribution >= 4 is 5.91 Å². The van der Waals surface area contributed by atoms with Gasteiger partial charge in [0.05, 0.1) is 0 Å². The minimum absolute atomic E-state index is 0.179. The topological polar surface area (TPSA) is 47.0 Å². The Hall–Kier alpha value is -1.59. The number of likely N-dealkylation sites (N-methyl/N-ethyl adjacent to an activating group) is 1. The molecule has 5 heteroatoms. The molecule has 0 aromatic heterocycles. The van der Waals surface area contributed by atoms with Crippen LogP contribution in [0.3, 0.4) is 0 Å². The van der Waals surface area contributed by atoms with Gasteiger partial charge < -0.3 is 14.9 Å². The van der Waals surface area contributed by atoms with E-state index in [2.05, 4.69) is 21.6 Å². The molecule has 24 heavy (non-hydrogen) atoms. The Morgan fingerprint density at radius 3 is 2.33 bits per heavy atom. The first-order chi connectivity index (χ1) is 11.7. The molecule has 1 aromatic carbocycles. The number of hydrogen-bond donors (Lipinski definition) is 1. The first-order valence-electron chi connectivity index (χ1n) is 9.17. The number of carbonyl (C=O) groups excluding carboxylic acids is 1. The molecule has 1 amide bonds. The SMILES string of the molecule is CCN1CCN(C(=O)C2CCN(Cc3ccccc3O)CC2)CC1. The number of carbonyl (C=O) groups is 1. The van der Waals surface area contributed by atoms with Crippen LogP contribution in [-0.2, 0) is 11.3 Å². The van der Waals surface area contributed by atoms with Gasteiger partial charge in [0.1, 0.15) is 5.75 Å². The number of likely N-dealkylation sites (tertiary alicyclic amines) is 1. The van der Waals surface area contributed by atoms with Crippen LogP contribution in [0.5, 0.6) is 5.75 Å². The van der Waals surface area contributed by atoms with Gasteiger partial charge in [-0.15, -0.1) is 0 Å². The standard InChI is InChI=1S/C19H29N3O2/c1-2-20-11-13-22(14-12-20)19(24)16-7-9-21(10-8-16)15-17-5-3-4-6-18(17)23/h3-6,16,23H,2,7-15H2,1H3. The minimum Gasteiger partial charge on any atom is -0.508 e. The fraction of sp³-hybridized carbons (Fsp3) is 0.632. The van der Waals surface area contributed by atoms with Crippen LogP contribution < -0.4 is 0 Å². The summed E-state index contributed by atoms with van der Waals surface area (Å²) in [5.74, 6) is 0.899. The van der Waals surface area contributed by atoms with Gasteiger partial charge in [0.2, 0.25) is 5.91 Å². The lowest BCUT2D eigenvalue weighted by Crippen LogP contribution is -2.51. The summed E-state index contributed by atoms with van der Waals surface area (Å²) < 4.78 is 0. The third-order valence-corrected chi connectivity index (χ3v) is 5.45. The molecule has 2 fully saturated rings. The molecule has 2 heterocycles. The number of piperidine rings is 1. The average molecular weight is 331 g/mol. The Balaban J connectivity index is 1.46. The lowest BCUT2D eigenvalue weighted by Gasteiger charge is -2.38. The Morgan fingerprint density at radius 2 is 1.71 bits per heavy atom. The van der Waals surface area contributed by atoms with Gasteiger partial charge in [-0.2, -0.15) is 0 Å². The van der Waals surface area contributed by atoms with Crippen LogP contribution in [0.2, 0.25) is 0 Å². The van der Waals surface area contributed by atoms with Gasteiger partial charge in [-0.05, 0) is 38.5 Å². The molecule has 0 saturated carbocycles. The molecule has 3 rings (SSSR count). The number of phenols is 1. The predicted molar refractivity (Wildman–Crippen MR) is 94.8 cm³/mol. The summed E-state index contributed by atoms with van der Waals surface area (Å²) in [6.07, 6.45) is 1.86. The lowest BCUT2D eigenvalue weighted by atomic mass is 9.94. The van der Waals surface area contributed by atoms with Crippen LogP contribution in [0.15, 0.2) is 24.3 Å². The third kappa shape index (κ3) is 4.08. The zero-order valence-electron chi connectivity index (χ0n) is 14.7. The second kappa shape index (κ2) is 7.99. The van der Waals surface area contributed by atoms with E-state index >= 15 is 0 Å². The van der Waals surface area contributed by atoms with E-state index in [0.29, 0.717) is 11.7 Å². The molecule has 1 aromatic rings. The van der Waals surface area contributed by atoms with E-state index in [4.69, 9.17) is 0 Å². The molecule has 0 spiro atoms. The van der Waals surface area contributed by atoms with E-state index in [1.54, 1.807) is 6.07 Å². The molecule has 2 aliphatic heterocycles. The predicted octanol–water partition coefficient (Wildman–Crippen LogP) is 1.77. The first-order valence-corrected chi connectivity index (χ1v) is 9.17. The average Bonchev–Trinajstić information content (AvgIpc) is 2.64. The number of aromatic hydroxyl groups is 1. The molecule has 0 atom stereocenters. The summed E-state index contributed by atoms with van der Waals surface area (Å²) in [6, 6.07) is 7.52. The highest BCUT2D eigenvalue weighted by atomic mass is 16.3. The normalized spacial score (nSPS) is 21.1. The van der Waals surface area contributed by atoms with Crippen molar-refractivity contribution in [2.75, 3.05) is 45.8 Å². The Labute approximate surface area is 144 Å². The molecule has 0 radical (unpaired) electrons. The third-order valence-electron chi connectivity index (χ3n) is 5.45. The highest BCUT2D eigenvalue weighted by Crippen LogP contribution is 2.24. The molecule has 2 aliphatic rings. The Kier molecular flexibility index (Phi) is 5.74. The number of nitrogens with zero attached hydrogens (tertiary/aromatic N) is 3. The van der Waals surface area contributed by atoms with E-state index in [0.717, 1.165) is 70.8 Å². The molecule has 132 valence electrons. The second-order valence-electron chi connectivity index (χ2n) is 6.94. The number of phenolic OH excluding ortho intramolecular Hbond substituents is 1. The monoisotopic (exact) mass is 331 g/mol. The summed E-state index contributed by atoms with van der Waals surface area (Å²) in [5.41, 5.74) is 0.970. The molecule has 0 aliphatic carbocycles. The summed E-state index contributed by atoms with van der Waals surface area (Å²) in [6.45, 7) is 9.66. The molecule has 5 nitrogen and oxygen atoms in total. The molecule has 1 N–H and O–H groups in total. The van der Waals surface area contributed by atoms with E-state index in [1.807, 2.05) is 18.2 Å². The number of hydrogen-bond acceptors (Lipinski definition) is 4. The fourth-order valence-electron chi connectivity index (χ4n) is 3.77. The number of piperazine rings is 1. The van der Waals surface area contributed by atoms with Gasteiger partial charge in [-0.1, -0.05) is 25.1 Å². The van der Waals surface area contributed by atoms with E-state index in [-0.39, 0.29) is 5.92 Å². The zero-order chi connectivity index (χ0) is 16.9. The van der Waals surface area contributed by atoms with Gasteiger partial charge in [0, 0.05) is 44.2 Å². The Bertz CT molecular complexity index is 547. The van der Waals surface area contributed by atoms with Crippen molar-refractivity contribution in [3.05, 3.63) is 29.8 Å². The van der Waals surface area contributed by atoms with Gasteiger partial charge in [0.25, 0.3) is 0 Å². The van der Waals surface area contributed by atoms with Crippen LogP contribution in [-0.4, -0.2) is 71.5 Å². The first kappa shape index (κ1) is 17.2. The van der Waals surface area contributed by atoms with Crippen LogP contribution in [0.4, 0.5) is 0 Å². The largest absolute Gasteiger partial charge is 0.508 e.